The molecule has 2 nitrogen and oxygen atoms in total. The molecular weight excluding hydrogens is 194 g/mol. The number of benzene rings is 1. The van der Waals surface area contributed by atoms with Crippen LogP contribution in [0.4, 0.5) is 0 Å². The molecule has 0 N–H and O–H groups in total. The maximum Gasteiger partial charge on any atom is 0.240 e. The summed E-state index contributed by atoms with van der Waals surface area (Å²) in [6, 6.07) is 9.64. The molecule has 3 heteroatoms. The smallest absolute Gasteiger partial charge is 0.240 e. The van der Waals surface area contributed by atoms with Crippen LogP contribution in [0.25, 0.3) is 0 Å². The van der Waals surface area contributed by atoms with Gasteiger partial charge in [0.15, 0.2) is 0 Å². The number of rotatable bonds is 2. The molecule has 0 saturated heterocycles. The van der Waals surface area contributed by atoms with Gasteiger partial charge in [0.25, 0.3) is 0 Å². The molecule has 1 atom stereocenters. The van der Waals surface area contributed by atoms with Gasteiger partial charge in [-0.05, 0) is 6.42 Å². The highest BCUT2D eigenvalue weighted by atomic mass is 32.2. The quantitative estimate of drug-likeness (QED) is 0.742. The van der Waals surface area contributed by atoms with E-state index in [1.807, 2.05) is 37.3 Å². The van der Waals surface area contributed by atoms with Crippen molar-refractivity contribution in [3.8, 4) is 0 Å². The summed E-state index contributed by atoms with van der Waals surface area (Å²) in [5.74, 6) is 0. The largest absolute Gasteiger partial charge is 0.280 e. The van der Waals surface area contributed by atoms with Crippen molar-refractivity contribution in [3.63, 3.8) is 0 Å². The second-order valence-electron chi connectivity index (χ2n) is 3.11. The number of hydrogen-bond acceptors (Lipinski definition) is 3. The second kappa shape index (κ2) is 3.96. The Morgan fingerprint density at radius 2 is 2.07 bits per heavy atom. The third-order valence-electron chi connectivity index (χ3n) is 2.11. The molecule has 0 radical (unpaired) electrons. The van der Waals surface area contributed by atoms with Gasteiger partial charge in [0, 0.05) is 5.56 Å². The maximum atomic E-state index is 11.6. The summed E-state index contributed by atoms with van der Waals surface area (Å²) in [6.07, 6.45) is 0.909. The first-order chi connectivity index (χ1) is 6.81. The monoisotopic (exact) mass is 205 g/mol. The van der Waals surface area contributed by atoms with Crippen molar-refractivity contribution in [3.05, 3.63) is 35.9 Å². The van der Waals surface area contributed by atoms with E-state index in [0.717, 1.165) is 12.0 Å². The molecule has 1 heterocycles. The van der Waals surface area contributed by atoms with Crippen LogP contribution < -0.4 is 0 Å². The van der Waals surface area contributed by atoms with E-state index in [1.165, 1.54) is 11.8 Å². The molecule has 14 heavy (non-hydrogen) atoms. The molecule has 0 fully saturated rings. The van der Waals surface area contributed by atoms with Gasteiger partial charge in [0.1, 0.15) is 11.1 Å². The summed E-state index contributed by atoms with van der Waals surface area (Å²) in [4.78, 5) is 16.0. The minimum absolute atomic E-state index is 0.100. The van der Waals surface area contributed by atoms with Gasteiger partial charge in [-0.25, -0.2) is 0 Å². The molecule has 72 valence electrons. The summed E-state index contributed by atoms with van der Waals surface area (Å²) < 4.78 is 0. The Balaban J connectivity index is 2.31. The average molecular weight is 205 g/mol. The second-order valence-corrected chi connectivity index (χ2v) is 4.26. The van der Waals surface area contributed by atoms with Gasteiger partial charge in [-0.3, -0.25) is 9.79 Å². The maximum absolute atomic E-state index is 11.6. The molecule has 0 saturated carbocycles. The van der Waals surface area contributed by atoms with Gasteiger partial charge in [-0.2, -0.15) is 0 Å². The van der Waals surface area contributed by atoms with E-state index in [2.05, 4.69) is 4.99 Å². The fourth-order valence-electron chi connectivity index (χ4n) is 1.37. The molecule has 0 amide bonds. The summed E-state index contributed by atoms with van der Waals surface area (Å²) in [6.45, 7) is 2.04. The molecule has 1 aromatic carbocycles. The van der Waals surface area contributed by atoms with Crippen LogP contribution in [0.3, 0.4) is 0 Å². The van der Waals surface area contributed by atoms with Crippen LogP contribution in [-0.2, 0) is 4.79 Å². The van der Waals surface area contributed by atoms with Crippen LogP contribution in [0.2, 0.25) is 0 Å². The Hall–Kier alpha value is -1.09. The number of carbonyl (C=O) groups is 1. The van der Waals surface area contributed by atoms with Gasteiger partial charge >= 0.3 is 0 Å². The third kappa shape index (κ3) is 1.73. The Morgan fingerprint density at radius 3 is 2.64 bits per heavy atom. The number of thioether (sulfide) groups is 1. The zero-order valence-corrected chi connectivity index (χ0v) is 8.75. The minimum atomic E-state index is 0.100. The predicted molar refractivity (Wildman–Crippen MR) is 59.7 cm³/mol. The van der Waals surface area contributed by atoms with Crippen LogP contribution in [0.1, 0.15) is 18.9 Å². The molecule has 0 aliphatic carbocycles. The highest BCUT2D eigenvalue weighted by Crippen LogP contribution is 2.26. The summed E-state index contributed by atoms with van der Waals surface area (Å²) in [5, 5.41) is 0.223. The Labute approximate surface area is 87.4 Å². The lowest BCUT2D eigenvalue weighted by atomic mass is 10.1. The van der Waals surface area contributed by atoms with Crippen molar-refractivity contribution in [2.75, 3.05) is 0 Å². The van der Waals surface area contributed by atoms with E-state index in [4.69, 9.17) is 0 Å². The summed E-state index contributed by atoms with van der Waals surface area (Å²) in [7, 11) is 0. The van der Waals surface area contributed by atoms with E-state index in [1.54, 1.807) is 0 Å². The van der Waals surface area contributed by atoms with Gasteiger partial charge in [-0.15, -0.1) is 0 Å². The van der Waals surface area contributed by atoms with Gasteiger partial charge in [0.05, 0.1) is 0 Å². The summed E-state index contributed by atoms with van der Waals surface area (Å²) >= 11 is 1.33. The lowest BCUT2D eigenvalue weighted by Gasteiger charge is -1.96. The predicted octanol–water partition coefficient (Wildman–Crippen LogP) is 2.49. The van der Waals surface area contributed by atoms with Crippen molar-refractivity contribution in [2.45, 2.75) is 18.7 Å². The van der Waals surface area contributed by atoms with E-state index in [9.17, 15) is 4.79 Å². The number of hydrogen-bond donors (Lipinski definition) is 0. The van der Waals surface area contributed by atoms with E-state index < -0.39 is 0 Å². The van der Waals surface area contributed by atoms with E-state index in [-0.39, 0.29) is 10.5 Å². The first-order valence-electron chi connectivity index (χ1n) is 4.65. The van der Waals surface area contributed by atoms with Crippen LogP contribution >= 0.6 is 11.8 Å². The molecule has 1 unspecified atom stereocenters. The highest BCUT2D eigenvalue weighted by Gasteiger charge is 2.26. The molecular formula is C11H11NOS. The summed E-state index contributed by atoms with van der Waals surface area (Å²) in [5.41, 5.74) is 1.56. The van der Waals surface area contributed by atoms with Gasteiger partial charge < -0.3 is 0 Å². The Kier molecular flexibility index (Phi) is 2.68. The third-order valence-corrected chi connectivity index (χ3v) is 3.22. The lowest BCUT2D eigenvalue weighted by molar-refractivity contribution is -0.105. The SMILES string of the molecule is CCC1N=C(c2ccccc2)C(=O)S1. The number of aliphatic imine (C=N–C) groups is 1. The van der Waals surface area contributed by atoms with Gasteiger partial charge in [0.2, 0.25) is 5.12 Å². The molecule has 1 aliphatic rings. The molecule has 1 aromatic rings. The van der Waals surface area contributed by atoms with E-state index >= 15 is 0 Å². The molecule has 0 bridgehead atoms. The van der Waals surface area contributed by atoms with Crippen LogP contribution in [-0.4, -0.2) is 16.2 Å². The first kappa shape index (κ1) is 9.46. The normalized spacial score (nSPS) is 21.1. The number of nitrogens with zero attached hydrogens (tertiary/aromatic N) is 1. The number of carbonyl (C=O) groups excluding carboxylic acids is 1. The standard InChI is InChI=1S/C11H11NOS/c1-2-9-12-10(11(13)14-9)8-6-4-3-5-7-8/h3-7,9H,2H2,1H3. The fourth-order valence-corrected chi connectivity index (χ4v) is 2.22. The fraction of sp³-hybridized carbons (Fsp3) is 0.273. The highest BCUT2D eigenvalue weighted by molar-refractivity contribution is 8.16. The minimum Gasteiger partial charge on any atom is -0.280 e. The van der Waals surface area contributed by atoms with Crippen LogP contribution in [0, 0.1) is 0 Å². The molecule has 2 rings (SSSR count). The van der Waals surface area contributed by atoms with Crippen LogP contribution in [0.5, 0.6) is 0 Å². The molecule has 0 spiro atoms. The van der Waals surface area contributed by atoms with Crippen molar-refractivity contribution in [1.82, 2.24) is 0 Å². The zero-order valence-electron chi connectivity index (χ0n) is 7.93. The topological polar surface area (TPSA) is 29.4 Å². The lowest BCUT2D eigenvalue weighted by Crippen LogP contribution is -2.06. The molecule has 1 aliphatic heterocycles. The molecule has 0 aromatic heterocycles. The van der Waals surface area contributed by atoms with Crippen LogP contribution in [0.15, 0.2) is 35.3 Å². The Morgan fingerprint density at radius 1 is 1.36 bits per heavy atom. The van der Waals surface area contributed by atoms with Crippen molar-refractivity contribution in [1.29, 1.82) is 0 Å². The van der Waals surface area contributed by atoms with Crippen molar-refractivity contribution >= 4 is 22.6 Å². The van der Waals surface area contributed by atoms with Crippen molar-refractivity contribution in [2.24, 2.45) is 4.99 Å². The average Bonchev–Trinajstić information content (AvgIpc) is 2.61. The first-order valence-corrected chi connectivity index (χ1v) is 5.53. The van der Waals surface area contributed by atoms with E-state index in [0.29, 0.717) is 5.71 Å². The Bertz CT molecular complexity index is 372. The van der Waals surface area contributed by atoms with Gasteiger partial charge in [-0.1, -0.05) is 49.0 Å². The van der Waals surface area contributed by atoms with Crippen molar-refractivity contribution < 1.29 is 4.79 Å². The zero-order chi connectivity index (χ0) is 9.97.